The number of ether oxygens (including phenoxy) is 1. The number of nitrogens with zero attached hydrogens (tertiary/aromatic N) is 3. The minimum Gasteiger partial charge on any atom is -0.378 e. The average molecular weight is 601 g/mol. The van der Waals surface area contributed by atoms with Gasteiger partial charge in [0.25, 0.3) is 0 Å². The number of aliphatic hydroxyl groups excluding tert-OH is 1. The van der Waals surface area contributed by atoms with Crippen LogP contribution in [-0.4, -0.2) is 75.9 Å². The van der Waals surface area contributed by atoms with Gasteiger partial charge in [-0.25, -0.2) is 4.39 Å². The number of benzene rings is 1. The lowest BCUT2D eigenvalue weighted by Crippen LogP contribution is -2.53. The Balaban J connectivity index is 1.51. The van der Waals surface area contributed by atoms with Crippen LogP contribution in [0.2, 0.25) is 0 Å². The van der Waals surface area contributed by atoms with Crippen LogP contribution in [0.1, 0.15) is 82.7 Å². The Labute approximate surface area is 252 Å². The summed E-state index contributed by atoms with van der Waals surface area (Å²) in [6.45, 7) is 7.67. The predicted molar refractivity (Wildman–Crippen MR) is 159 cm³/mol. The van der Waals surface area contributed by atoms with Crippen LogP contribution in [0.4, 0.5) is 10.1 Å². The quantitative estimate of drug-likeness (QED) is 0.275. The Morgan fingerprint density at radius 2 is 1.84 bits per heavy atom. The van der Waals surface area contributed by atoms with Gasteiger partial charge in [0.1, 0.15) is 18.1 Å². The number of halogens is 1. The van der Waals surface area contributed by atoms with Crippen molar-refractivity contribution in [1.82, 2.24) is 25.3 Å². The van der Waals surface area contributed by atoms with Gasteiger partial charge in [0, 0.05) is 38.2 Å². The number of hydrogen-bond donors (Lipinski definition) is 4. The molecule has 0 bridgehead atoms. The maximum Gasteiger partial charge on any atom is 0.245 e. The van der Waals surface area contributed by atoms with Gasteiger partial charge in [0.15, 0.2) is 0 Å². The van der Waals surface area contributed by atoms with Crippen LogP contribution in [0.5, 0.6) is 0 Å². The van der Waals surface area contributed by atoms with Crippen LogP contribution in [0, 0.1) is 11.7 Å². The van der Waals surface area contributed by atoms with Gasteiger partial charge < -0.3 is 25.4 Å². The first-order valence-corrected chi connectivity index (χ1v) is 15.5. The van der Waals surface area contributed by atoms with Crippen LogP contribution < -0.4 is 16.0 Å². The molecule has 1 aromatic carbocycles. The Morgan fingerprint density at radius 3 is 2.49 bits per heavy atom. The molecule has 12 heteroatoms. The zero-order valence-electron chi connectivity index (χ0n) is 25.4. The zero-order valence-corrected chi connectivity index (χ0v) is 25.4. The average Bonchev–Trinajstić information content (AvgIpc) is 3.52. The summed E-state index contributed by atoms with van der Waals surface area (Å²) >= 11 is 0. The number of nitrogens with one attached hydrogen (secondary N) is 3. The molecule has 2 heterocycles. The lowest BCUT2D eigenvalue weighted by molar-refractivity contribution is -0.140. The van der Waals surface area contributed by atoms with E-state index in [1.165, 1.54) is 12.1 Å². The fourth-order valence-electron chi connectivity index (χ4n) is 5.96. The molecule has 3 amide bonds. The standard InChI is InChI=1S/C31H45FN6O5/c1-4-26(39)35-27(31(42)37-15-17-43-18-16-37)20(3)22-11-12-24(23(32)19-22)34-30(41)28(21-9-7-6-8-10-21)36-29(40)25-13-14-33-38(25)5-2/h11-14,19-21,27-29,36,40H,4-10,15-18H2,1-3H3,(H,34,41)(H,35,39)/t20-,27+,28-,29?/m0/s1. The summed E-state index contributed by atoms with van der Waals surface area (Å²) in [5.74, 6) is -2.13. The van der Waals surface area contributed by atoms with Crippen LogP contribution in [0.25, 0.3) is 0 Å². The van der Waals surface area contributed by atoms with Crippen molar-refractivity contribution in [3.05, 3.63) is 47.5 Å². The fraction of sp³-hybridized carbons (Fsp3) is 0.613. The summed E-state index contributed by atoms with van der Waals surface area (Å²) in [7, 11) is 0. The first kappa shape index (κ1) is 32.6. The molecular formula is C31H45FN6O5. The van der Waals surface area contributed by atoms with Gasteiger partial charge in [-0.2, -0.15) is 5.10 Å². The Morgan fingerprint density at radius 1 is 1.12 bits per heavy atom. The molecule has 1 saturated carbocycles. The van der Waals surface area contributed by atoms with E-state index >= 15 is 4.39 Å². The number of amides is 3. The SMILES string of the molecule is CCC(=O)N[C@@H](C(=O)N1CCOCC1)[C@@H](C)c1ccc(NC(=O)[C@@H](NC(O)c2ccnn2CC)C2CCCCC2)c(F)c1. The van der Waals surface area contributed by atoms with Crippen molar-refractivity contribution in [2.75, 3.05) is 31.6 Å². The molecular weight excluding hydrogens is 555 g/mol. The van der Waals surface area contributed by atoms with Crippen molar-refractivity contribution in [2.45, 2.75) is 90.1 Å². The highest BCUT2D eigenvalue weighted by Gasteiger charge is 2.34. The topological polar surface area (TPSA) is 138 Å². The third-order valence-corrected chi connectivity index (χ3v) is 8.57. The van der Waals surface area contributed by atoms with Crippen molar-refractivity contribution >= 4 is 23.4 Å². The second-order valence-electron chi connectivity index (χ2n) is 11.4. The largest absolute Gasteiger partial charge is 0.378 e. The summed E-state index contributed by atoms with van der Waals surface area (Å²) in [6, 6.07) is 4.54. The van der Waals surface area contributed by atoms with E-state index in [-0.39, 0.29) is 29.8 Å². The molecule has 1 aliphatic carbocycles. The van der Waals surface area contributed by atoms with E-state index in [1.807, 2.05) is 6.92 Å². The summed E-state index contributed by atoms with van der Waals surface area (Å²) in [6.07, 6.45) is 5.41. The summed E-state index contributed by atoms with van der Waals surface area (Å²) in [5.41, 5.74) is 1.07. The monoisotopic (exact) mass is 600 g/mol. The number of anilines is 1. The predicted octanol–water partition coefficient (Wildman–Crippen LogP) is 3.07. The van der Waals surface area contributed by atoms with Crippen molar-refractivity contribution in [2.24, 2.45) is 5.92 Å². The highest BCUT2D eigenvalue weighted by molar-refractivity contribution is 5.95. The van der Waals surface area contributed by atoms with Gasteiger partial charge in [-0.3, -0.25) is 24.4 Å². The van der Waals surface area contributed by atoms with Crippen molar-refractivity contribution < 1.29 is 28.6 Å². The molecule has 1 unspecified atom stereocenters. The highest BCUT2D eigenvalue weighted by Crippen LogP contribution is 2.30. The third-order valence-electron chi connectivity index (χ3n) is 8.57. The van der Waals surface area contributed by atoms with Gasteiger partial charge >= 0.3 is 0 Å². The lowest BCUT2D eigenvalue weighted by Gasteiger charge is -2.33. The molecule has 4 N–H and O–H groups in total. The molecule has 43 heavy (non-hydrogen) atoms. The van der Waals surface area contributed by atoms with Crippen LogP contribution in [0.3, 0.4) is 0 Å². The number of morpholine rings is 1. The molecule has 11 nitrogen and oxygen atoms in total. The number of aromatic nitrogens is 2. The smallest absolute Gasteiger partial charge is 0.245 e. The summed E-state index contributed by atoms with van der Waals surface area (Å²) in [5, 5.41) is 23.8. The van der Waals surface area contributed by atoms with Crippen LogP contribution in [0.15, 0.2) is 30.5 Å². The molecule has 2 aliphatic rings. The van der Waals surface area contributed by atoms with Crippen molar-refractivity contribution in [1.29, 1.82) is 0 Å². The number of rotatable bonds is 12. The van der Waals surface area contributed by atoms with Gasteiger partial charge in [0.2, 0.25) is 17.7 Å². The van der Waals surface area contributed by atoms with Gasteiger partial charge in [-0.05, 0) is 49.4 Å². The molecule has 236 valence electrons. The Kier molecular flexibility index (Phi) is 11.7. The summed E-state index contributed by atoms with van der Waals surface area (Å²) in [4.78, 5) is 40.9. The van der Waals surface area contributed by atoms with E-state index < -0.39 is 36.0 Å². The number of aliphatic hydroxyl groups is 1. The highest BCUT2D eigenvalue weighted by atomic mass is 19.1. The fourth-order valence-corrected chi connectivity index (χ4v) is 5.96. The minimum atomic E-state index is -1.12. The van der Waals surface area contributed by atoms with E-state index in [2.05, 4.69) is 21.0 Å². The number of carbonyl (C=O) groups excluding carboxylic acids is 3. The minimum absolute atomic E-state index is 0.00491. The van der Waals surface area contributed by atoms with Gasteiger partial charge in [0.05, 0.1) is 30.6 Å². The van der Waals surface area contributed by atoms with E-state index in [9.17, 15) is 19.5 Å². The second kappa shape index (κ2) is 15.4. The molecule has 2 aromatic rings. The maximum absolute atomic E-state index is 15.5. The summed E-state index contributed by atoms with van der Waals surface area (Å²) < 4.78 is 22.5. The molecule has 0 radical (unpaired) electrons. The van der Waals surface area contributed by atoms with Crippen LogP contribution in [-0.2, 0) is 25.7 Å². The van der Waals surface area contributed by atoms with Crippen molar-refractivity contribution in [3.63, 3.8) is 0 Å². The van der Waals surface area contributed by atoms with Crippen LogP contribution >= 0.6 is 0 Å². The van der Waals surface area contributed by atoms with E-state index in [1.54, 1.807) is 41.8 Å². The van der Waals surface area contributed by atoms with E-state index in [0.717, 1.165) is 32.1 Å². The van der Waals surface area contributed by atoms with Gasteiger partial charge in [-0.15, -0.1) is 0 Å². The molecule has 4 atom stereocenters. The Hall–Kier alpha value is -3.35. The maximum atomic E-state index is 15.5. The molecule has 0 spiro atoms. The first-order valence-electron chi connectivity index (χ1n) is 15.5. The molecule has 1 saturated heterocycles. The van der Waals surface area contributed by atoms with Gasteiger partial charge in [-0.1, -0.05) is 39.2 Å². The number of hydrogen-bond acceptors (Lipinski definition) is 7. The molecule has 2 fully saturated rings. The Bertz CT molecular complexity index is 1240. The number of aryl methyl sites for hydroxylation is 1. The third kappa shape index (κ3) is 8.18. The van der Waals surface area contributed by atoms with E-state index in [0.29, 0.717) is 44.1 Å². The molecule has 1 aliphatic heterocycles. The normalized spacial score (nSPS) is 18.9. The van der Waals surface area contributed by atoms with E-state index in [4.69, 9.17) is 4.74 Å². The lowest BCUT2D eigenvalue weighted by atomic mass is 9.83. The first-order chi connectivity index (χ1) is 20.7. The second-order valence-corrected chi connectivity index (χ2v) is 11.4. The molecule has 1 aromatic heterocycles. The molecule has 4 rings (SSSR count). The zero-order chi connectivity index (χ0) is 30.9. The number of carbonyl (C=O) groups is 3. The van der Waals surface area contributed by atoms with Crippen molar-refractivity contribution in [3.8, 4) is 0 Å².